The number of benzene rings is 3. The van der Waals surface area contributed by atoms with Crippen LogP contribution in [0.1, 0.15) is 39.1 Å². The Bertz CT molecular complexity index is 1550. The van der Waals surface area contributed by atoms with Gasteiger partial charge >= 0.3 is 7.48 Å². The zero-order valence-electron chi connectivity index (χ0n) is 23.2. The third-order valence-corrected chi connectivity index (χ3v) is 7.11. The van der Waals surface area contributed by atoms with E-state index in [1.54, 1.807) is 27.5 Å². The van der Waals surface area contributed by atoms with Gasteiger partial charge in [-0.25, -0.2) is 15.0 Å². The van der Waals surface area contributed by atoms with E-state index in [-0.39, 0.29) is 0 Å². The van der Waals surface area contributed by atoms with Gasteiger partial charge in [0.1, 0.15) is 5.82 Å². The van der Waals surface area contributed by atoms with E-state index < -0.39 is 11.2 Å². The summed E-state index contributed by atoms with van der Waals surface area (Å²) >= 11 is 0. The second-order valence-electron chi connectivity index (χ2n) is 10.8. The van der Waals surface area contributed by atoms with Gasteiger partial charge in [0, 0.05) is 29.3 Å². The molecule has 0 fully saturated rings. The van der Waals surface area contributed by atoms with E-state index in [2.05, 4.69) is 12.1 Å². The van der Waals surface area contributed by atoms with Crippen LogP contribution in [-0.2, 0) is 11.1 Å². The molecule has 0 aliphatic heterocycles. The zero-order chi connectivity index (χ0) is 28.2. The molecule has 0 saturated carbocycles. The minimum atomic E-state index is -0.974. The summed E-state index contributed by atoms with van der Waals surface area (Å²) < 4.78 is 5.87. The first-order valence-electron chi connectivity index (χ1n) is 13.3. The van der Waals surface area contributed by atoms with Crippen LogP contribution in [0.5, 0.6) is 0 Å². The fourth-order valence-electron chi connectivity index (χ4n) is 3.91. The highest BCUT2D eigenvalue weighted by Crippen LogP contribution is 2.25. The van der Waals surface area contributed by atoms with Gasteiger partial charge in [0.2, 0.25) is 0 Å². The lowest BCUT2D eigenvalue weighted by Crippen LogP contribution is -2.49. The van der Waals surface area contributed by atoms with Crippen LogP contribution in [0.25, 0.3) is 34.0 Å². The van der Waals surface area contributed by atoms with E-state index in [9.17, 15) is 5.11 Å². The van der Waals surface area contributed by atoms with Crippen molar-refractivity contribution in [2.24, 2.45) is 0 Å². The van der Waals surface area contributed by atoms with Crippen molar-refractivity contribution in [2.75, 3.05) is 0 Å². The average Bonchev–Trinajstić information content (AvgIpc) is 2.97. The molecule has 5 rings (SSSR count). The molecule has 7 heteroatoms. The highest BCUT2D eigenvalue weighted by Gasteiger charge is 2.35. The first-order chi connectivity index (χ1) is 19.2. The lowest BCUT2D eigenvalue weighted by atomic mass is 9.82. The quantitative estimate of drug-likeness (QED) is 0.249. The van der Waals surface area contributed by atoms with Crippen molar-refractivity contribution in [2.45, 2.75) is 45.3 Å². The third kappa shape index (κ3) is 6.50. The van der Waals surface area contributed by atoms with Gasteiger partial charge in [0.25, 0.3) is 0 Å². The van der Waals surface area contributed by atoms with Crippen LogP contribution in [-0.4, -0.2) is 43.7 Å². The molecular formula is C33H32BN4O2. The van der Waals surface area contributed by atoms with Crippen molar-refractivity contribution in [3.8, 4) is 34.0 Å². The van der Waals surface area contributed by atoms with E-state index in [1.165, 1.54) is 0 Å². The van der Waals surface area contributed by atoms with Gasteiger partial charge in [0.05, 0.1) is 16.9 Å². The zero-order valence-corrected chi connectivity index (χ0v) is 23.2. The molecule has 40 heavy (non-hydrogen) atoms. The summed E-state index contributed by atoms with van der Waals surface area (Å²) in [6, 6.07) is 32.1. The van der Waals surface area contributed by atoms with E-state index >= 15 is 0 Å². The van der Waals surface area contributed by atoms with Crippen molar-refractivity contribution in [3.63, 3.8) is 0 Å². The Kier molecular flexibility index (Phi) is 7.87. The maximum absolute atomic E-state index is 10.3. The normalized spacial score (nSPS) is 11.8. The average molecular weight is 527 g/mol. The molecule has 0 bridgehead atoms. The summed E-state index contributed by atoms with van der Waals surface area (Å²) in [6.07, 6.45) is 2.42. The minimum Gasteiger partial charge on any atom is -0.427 e. The van der Waals surface area contributed by atoms with E-state index in [1.807, 2.05) is 98.8 Å². The van der Waals surface area contributed by atoms with Crippen LogP contribution in [0.4, 0.5) is 0 Å². The van der Waals surface area contributed by atoms with Crippen LogP contribution >= 0.6 is 0 Å². The molecule has 2 heterocycles. The molecule has 0 aliphatic rings. The Morgan fingerprint density at radius 1 is 0.675 bits per heavy atom. The van der Waals surface area contributed by atoms with Gasteiger partial charge in [0.15, 0.2) is 11.6 Å². The molecule has 5 aromatic rings. The van der Waals surface area contributed by atoms with Crippen LogP contribution in [0, 0.1) is 0 Å². The topological polar surface area (TPSA) is 81.0 Å². The van der Waals surface area contributed by atoms with E-state index in [0.29, 0.717) is 23.9 Å². The van der Waals surface area contributed by atoms with Crippen molar-refractivity contribution in [3.05, 3.63) is 115 Å². The van der Waals surface area contributed by atoms with Gasteiger partial charge in [-0.2, -0.15) is 0 Å². The Morgan fingerprint density at radius 3 is 1.88 bits per heavy atom. The number of hydrogen-bond acceptors (Lipinski definition) is 6. The third-order valence-electron chi connectivity index (χ3n) is 7.11. The first kappa shape index (κ1) is 27.4. The molecule has 0 spiro atoms. The van der Waals surface area contributed by atoms with Gasteiger partial charge in [-0.15, -0.1) is 0 Å². The molecule has 2 aromatic heterocycles. The van der Waals surface area contributed by atoms with Crippen molar-refractivity contribution < 1.29 is 9.76 Å². The number of nitrogens with zero attached hydrogens (tertiary/aromatic N) is 4. The number of pyridine rings is 1. The molecule has 199 valence electrons. The SMILES string of the molecule is CC(C)(O)C(C)(C)O[B]c1ccc(-c2ccc(-c3nc(Cc4ccccc4)nc(-c4ccccc4)n3)cn2)cc1. The van der Waals surface area contributed by atoms with E-state index in [4.69, 9.17) is 24.6 Å². The number of rotatable bonds is 9. The van der Waals surface area contributed by atoms with Crippen molar-refractivity contribution in [1.29, 1.82) is 0 Å². The second-order valence-corrected chi connectivity index (χ2v) is 10.8. The molecule has 3 aromatic carbocycles. The number of aliphatic hydroxyl groups is 1. The van der Waals surface area contributed by atoms with Crippen molar-refractivity contribution >= 4 is 12.9 Å². The summed E-state index contributed by atoms with van der Waals surface area (Å²) in [5.74, 6) is 1.94. The van der Waals surface area contributed by atoms with Gasteiger partial charge < -0.3 is 9.76 Å². The molecule has 1 N–H and O–H groups in total. The standard InChI is InChI=1S/C33H32BN4O2/c1-32(2,39)33(3,4)40-34-27-18-15-24(16-19-27)28-20-17-26(22-35-28)31-37-29(21-23-11-7-5-8-12-23)36-30(38-31)25-13-9-6-10-14-25/h5-20,22,39H,21H2,1-4H3. The smallest absolute Gasteiger partial charge is 0.330 e. The molecule has 0 atom stereocenters. The van der Waals surface area contributed by atoms with Gasteiger partial charge in [-0.3, -0.25) is 4.98 Å². The Morgan fingerprint density at radius 2 is 1.27 bits per heavy atom. The largest absolute Gasteiger partial charge is 0.427 e. The van der Waals surface area contributed by atoms with Crippen LogP contribution in [0.3, 0.4) is 0 Å². The molecule has 0 amide bonds. The Balaban J connectivity index is 1.37. The van der Waals surface area contributed by atoms with Crippen LogP contribution < -0.4 is 5.46 Å². The summed E-state index contributed by atoms with van der Waals surface area (Å²) in [5.41, 5.74) is 3.94. The fraction of sp³-hybridized carbons (Fsp3) is 0.212. The van der Waals surface area contributed by atoms with Crippen LogP contribution in [0.15, 0.2) is 103 Å². The molecule has 6 nitrogen and oxygen atoms in total. The Labute approximate surface area is 236 Å². The van der Waals surface area contributed by atoms with Gasteiger partial charge in [-0.1, -0.05) is 90.4 Å². The maximum atomic E-state index is 10.3. The Hall–Kier alpha value is -4.20. The van der Waals surface area contributed by atoms with Gasteiger partial charge in [-0.05, 0) is 45.4 Å². The predicted molar refractivity (Wildman–Crippen MR) is 160 cm³/mol. The highest BCUT2D eigenvalue weighted by molar-refractivity contribution is 6.47. The number of hydrogen-bond donors (Lipinski definition) is 1. The monoisotopic (exact) mass is 527 g/mol. The summed E-state index contributed by atoms with van der Waals surface area (Å²) in [5, 5.41) is 10.3. The highest BCUT2D eigenvalue weighted by atomic mass is 16.5. The molecule has 0 saturated heterocycles. The molecule has 0 unspecified atom stereocenters. The lowest BCUT2D eigenvalue weighted by Gasteiger charge is -2.37. The molecule has 0 aliphatic carbocycles. The first-order valence-corrected chi connectivity index (χ1v) is 13.3. The predicted octanol–water partition coefficient (Wildman–Crippen LogP) is 5.67. The maximum Gasteiger partial charge on any atom is 0.330 e. The fourth-order valence-corrected chi connectivity index (χ4v) is 3.91. The molecule has 1 radical (unpaired) electrons. The second kappa shape index (κ2) is 11.5. The van der Waals surface area contributed by atoms with E-state index in [0.717, 1.165) is 33.4 Å². The minimum absolute atomic E-state index is 0.593. The summed E-state index contributed by atoms with van der Waals surface area (Å²) in [7, 11) is 1.68. The van der Waals surface area contributed by atoms with Crippen LogP contribution in [0.2, 0.25) is 0 Å². The number of aromatic nitrogens is 4. The molecular weight excluding hydrogens is 495 g/mol. The summed E-state index contributed by atoms with van der Waals surface area (Å²) in [6.45, 7) is 7.21. The lowest BCUT2D eigenvalue weighted by molar-refractivity contribution is -0.0893. The van der Waals surface area contributed by atoms with Crippen molar-refractivity contribution in [1.82, 2.24) is 19.9 Å². The summed E-state index contributed by atoms with van der Waals surface area (Å²) in [4.78, 5) is 19.1.